The van der Waals surface area contributed by atoms with Crippen molar-refractivity contribution in [2.24, 2.45) is 0 Å². The molecule has 3 nitrogen and oxygen atoms in total. The topological polar surface area (TPSA) is 43.4 Å². The number of carbonyl (C=O) groups excluding carboxylic acids is 2. The average molecular weight is 363 g/mol. The van der Waals surface area contributed by atoms with Crippen molar-refractivity contribution in [2.45, 2.75) is 0 Å². The van der Waals surface area contributed by atoms with Gasteiger partial charge < -0.3 is 4.74 Å². The number of hydrogen-bond acceptors (Lipinski definition) is 3. The molecule has 3 rings (SSSR count). The molecule has 0 saturated carbocycles. The first kappa shape index (κ1) is 17.6. The second-order valence-corrected chi connectivity index (χ2v) is 5.96. The van der Waals surface area contributed by atoms with Crippen LogP contribution < -0.4 is 4.74 Å². The molecule has 0 spiro atoms. The van der Waals surface area contributed by atoms with Crippen LogP contribution in [-0.4, -0.2) is 11.8 Å². The van der Waals surface area contributed by atoms with Crippen LogP contribution in [0.15, 0.2) is 84.9 Å². The van der Waals surface area contributed by atoms with E-state index >= 15 is 0 Å². The Labute approximate surface area is 156 Å². The first-order valence-corrected chi connectivity index (χ1v) is 8.35. The summed E-state index contributed by atoms with van der Waals surface area (Å²) in [6, 6.07) is 22.6. The maximum Gasteiger partial charge on any atom is 0.336 e. The SMILES string of the molecule is O=C(/C=C/c1ccc(Cl)cc1)Oc1ccc(C(=O)c2ccccc2)cc1. The van der Waals surface area contributed by atoms with E-state index < -0.39 is 5.97 Å². The Morgan fingerprint density at radius 1 is 0.769 bits per heavy atom. The van der Waals surface area contributed by atoms with E-state index in [9.17, 15) is 9.59 Å². The molecule has 0 aliphatic carbocycles. The average Bonchev–Trinajstić information content (AvgIpc) is 2.68. The van der Waals surface area contributed by atoms with Crippen LogP contribution in [0.4, 0.5) is 0 Å². The minimum atomic E-state index is -0.498. The zero-order valence-electron chi connectivity index (χ0n) is 13.8. The van der Waals surface area contributed by atoms with Gasteiger partial charge in [0.15, 0.2) is 5.78 Å². The summed E-state index contributed by atoms with van der Waals surface area (Å²) in [5.74, 6) is -0.200. The predicted molar refractivity (Wildman–Crippen MR) is 102 cm³/mol. The number of rotatable bonds is 5. The van der Waals surface area contributed by atoms with Crippen LogP contribution in [0.5, 0.6) is 5.75 Å². The van der Waals surface area contributed by atoms with Crippen LogP contribution in [-0.2, 0) is 4.79 Å². The molecule has 0 saturated heterocycles. The van der Waals surface area contributed by atoms with Gasteiger partial charge >= 0.3 is 5.97 Å². The standard InChI is InChI=1S/C22H15ClO3/c23-19-11-6-16(7-12-19)8-15-21(24)26-20-13-9-18(10-14-20)22(25)17-4-2-1-3-5-17/h1-15H/b15-8+. The van der Waals surface area contributed by atoms with E-state index in [2.05, 4.69) is 0 Å². The van der Waals surface area contributed by atoms with Crippen LogP contribution in [0.25, 0.3) is 6.08 Å². The number of esters is 1. The molecule has 0 atom stereocenters. The van der Waals surface area contributed by atoms with Gasteiger partial charge in [0, 0.05) is 22.2 Å². The Hall–Kier alpha value is -3.17. The van der Waals surface area contributed by atoms with Crippen molar-refractivity contribution in [2.75, 3.05) is 0 Å². The second-order valence-electron chi connectivity index (χ2n) is 5.53. The van der Waals surface area contributed by atoms with Gasteiger partial charge in [0.05, 0.1) is 0 Å². The molecular formula is C22H15ClO3. The fourth-order valence-corrected chi connectivity index (χ4v) is 2.44. The van der Waals surface area contributed by atoms with Crippen LogP contribution >= 0.6 is 11.6 Å². The molecule has 0 radical (unpaired) electrons. The Bertz CT molecular complexity index is 927. The molecule has 0 aliphatic heterocycles. The van der Waals surface area contributed by atoms with E-state index in [0.717, 1.165) is 5.56 Å². The molecule has 26 heavy (non-hydrogen) atoms. The minimum Gasteiger partial charge on any atom is -0.423 e. The monoisotopic (exact) mass is 362 g/mol. The largest absolute Gasteiger partial charge is 0.423 e. The van der Waals surface area contributed by atoms with Crippen LogP contribution in [0.3, 0.4) is 0 Å². The molecular weight excluding hydrogens is 348 g/mol. The Morgan fingerprint density at radius 3 is 2.04 bits per heavy atom. The van der Waals surface area contributed by atoms with Gasteiger partial charge in [-0.1, -0.05) is 54.1 Å². The van der Waals surface area contributed by atoms with Gasteiger partial charge in [-0.25, -0.2) is 4.79 Å². The number of benzene rings is 3. The highest BCUT2D eigenvalue weighted by atomic mass is 35.5. The van der Waals surface area contributed by atoms with Crippen molar-refractivity contribution < 1.29 is 14.3 Å². The predicted octanol–water partition coefficient (Wildman–Crippen LogP) is 5.19. The summed E-state index contributed by atoms with van der Waals surface area (Å²) in [6.07, 6.45) is 2.98. The molecule has 0 heterocycles. The van der Waals surface area contributed by atoms with Crippen LogP contribution in [0.1, 0.15) is 21.5 Å². The molecule has 0 N–H and O–H groups in total. The normalized spacial score (nSPS) is 10.7. The highest BCUT2D eigenvalue weighted by Gasteiger charge is 2.09. The minimum absolute atomic E-state index is 0.0777. The Morgan fingerprint density at radius 2 is 1.38 bits per heavy atom. The molecule has 128 valence electrons. The van der Waals surface area contributed by atoms with Gasteiger partial charge in [0.1, 0.15) is 5.75 Å². The smallest absolute Gasteiger partial charge is 0.336 e. The number of carbonyl (C=O) groups is 2. The van der Waals surface area contributed by atoms with Crippen molar-refractivity contribution >= 4 is 29.4 Å². The lowest BCUT2D eigenvalue weighted by Crippen LogP contribution is -2.05. The number of halogens is 1. The van der Waals surface area contributed by atoms with Gasteiger partial charge in [0.25, 0.3) is 0 Å². The molecule has 0 unspecified atom stereocenters. The lowest BCUT2D eigenvalue weighted by Gasteiger charge is -2.04. The lowest BCUT2D eigenvalue weighted by molar-refractivity contribution is -0.128. The first-order valence-electron chi connectivity index (χ1n) is 7.97. The molecule has 4 heteroatoms. The Balaban J connectivity index is 1.62. The highest BCUT2D eigenvalue weighted by molar-refractivity contribution is 6.30. The quantitative estimate of drug-likeness (QED) is 0.271. The van der Waals surface area contributed by atoms with Crippen molar-refractivity contribution in [3.05, 3.63) is 107 Å². The molecule has 3 aromatic carbocycles. The maximum absolute atomic E-state index is 12.3. The summed E-state index contributed by atoms with van der Waals surface area (Å²) < 4.78 is 5.24. The van der Waals surface area contributed by atoms with Gasteiger partial charge in [-0.2, -0.15) is 0 Å². The van der Waals surface area contributed by atoms with Crippen molar-refractivity contribution in [3.8, 4) is 5.75 Å². The molecule has 0 aliphatic rings. The third-order valence-corrected chi connectivity index (χ3v) is 3.90. The zero-order valence-corrected chi connectivity index (χ0v) is 14.5. The van der Waals surface area contributed by atoms with E-state index in [0.29, 0.717) is 21.9 Å². The number of hydrogen-bond donors (Lipinski definition) is 0. The highest BCUT2D eigenvalue weighted by Crippen LogP contribution is 2.16. The van der Waals surface area contributed by atoms with E-state index in [4.69, 9.17) is 16.3 Å². The van der Waals surface area contributed by atoms with Crippen LogP contribution in [0, 0.1) is 0 Å². The van der Waals surface area contributed by atoms with E-state index in [1.807, 2.05) is 18.2 Å². The number of ether oxygens (including phenoxy) is 1. The van der Waals surface area contributed by atoms with Crippen LogP contribution in [0.2, 0.25) is 5.02 Å². The fraction of sp³-hybridized carbons (Fsp3) is 0. The van der Waals surface area contributed by atoms with Crippen molar-refractivity contribution in [3.63, 3.8) is 0 Å². The van der Waals surface area contributed by atoms with E-state index in [1.165, 1.54) is 6.08 Å². The molecule has 0 amide bonds. The lowest BCUT2D eigenvalue weighted by atomic mass is 10.0. The molecule has 0 fully saturated rings. The summed E-state index contributed by atoms with van der Waals surface area (Å²) in [5, 5.41) is 0.634. The van der Waals surface area contributed by atoms with E-state index in [1.54, 1.807) is 66.7 Å². The molecule has 3 aromatic rings. The molecule has 0 bridgehead atoms. The van der Waals surface area contributed by atoms with Crippen molar-refractivity contribution in [1.82, 2.24) is 0 Å². The van der Waals surface area contributed by atoms with Crippen molar-refractivity contribution in [1.29, 1.82) is 0 Å². The number of ketones is 1. The third kappa shape index (κ3) is 4.68. The first-order chi connectivity index (χ1) is 12.6. The fourth-order valence-electron chi connectivity index (χ4n) is 2.32. The maximum atomic E-state index is 12.3. The van der Waals surface area contributed by atoms with E-state index in [-0.39, 0.29) is 5.78 Å². The Kier molecular flexibility index (Phi) is 5.62. The summed E-state index contributed by atoms with van der Waals surface area (Å²) in [7, 11) is 0. The zero-order chi connectivity index (χ0) is 18.4. The van der Waals surface area contributed by atoms with Gasteiger partial charge in [0.2, 0.25) is 0 Å². The van der Waals surface area contributed by atoms with Gasteiger partial charge in [-0.05, 0) is 48.0 Å². The van der Waals surface area contributed by atoms with Gasteiger partial charge in [-0.15, -0.1) is 0 Å². The second kappa shape index (κ2) is 8.28. The third-order valence-electron chi connectivity index (χ3n) is 3.65. The summed E-state index contributed by atoms with van der Waals surface area (Å²) in [4.78, 5) is 24.2. The summed E-state index contributed by atoms with van der Waals surface area (Å²) in [5.41, 5.74) is 1.99. The van der Waals surface area contributed by atoms with Gasteiger partial charge in [-0.3, -0.25) is 4.79 Å². The summed E-state index contributed by atoms with van der Waals surface area (Å²) in [6.45, 7) is 0. The summed E-state index contributed by atoms with van der Waals surface area (Å²) >= 11 is 5.82. The molecule has 0 aromatic heterocycles.